The lowest BCUT2D eigenvalue weighted by Gasteiger charge is -2.31. The monoisotopic (exact) mass is 511 g/mol. The molecule has 3 aliphatic heterocycles. The van der Waals surface area contributed by atoms with E-state index in [1.165, 1.54) is 0 Å². The summed E-state index contributed by atoms with van der Waals surface area (Å²) in [5.41, 5.74) is 5.17. The molecule has 0 radical (unpaired) electrons. The molecule has 3 aromatic rings. The molecule has 1 N–H and O–H groups in total. The Morgan fingerprint density at radius 2 is 1.97 bits per heavy atom. The molecule has 2 aromatic heterocycles. The van der Waals surface area contributed by atoms with Crippen molar-refractivity contribution in [1.82, 2.24) is 9.97 Å². The fourth-order valence-corrected chi connectivity index (χ4v) is 6.02. The number of carbonyl (C=O) groups excluding carboxylic acids is 2. The highest BCUT2D eigenvalue weighted by Gasteiger charge is 2.60. The largest absolute Gasteiger partial charge is 0.474 e. The average molecular weight is 512 g/mol. The molecule has 9 heteroatoms. The number of anilines is 4. The topological polar surface area (TPSA) is 96.9 Å². The Bertz CT molecular complexity index is 1440. The van der Waals surface area contributed by atoms with Gasteiger partial charge < -0.3 is 24.6 Å². The molecule has 2 amide bonds. The summed E-state index contributed by atoms with van der Waals surface area (Å²) in [5.74, 6) is 1.53. The van der Waals surface area contributed by atoms with Gasteiger partial charge in [-0.2, -0.15) is 0 Å². The molecule has 0 bridgehead atoms. The van der Waals surface area contributed by atoms with Gasteiger partial charge in [-0.1, -0.05) is 12.1 Å². The van der Waals surface area contributed by atoms with E-state index in [-0.39, 0.29) is 23.3 Å². The van der Waals surface area contributed by atoms with Crippen LogP contribution < -0.4 is 19.9 Å². The highest BCUT2D eigenvalue weighted by molar-refractivity contribution is 6.04. The molecule has 7 rings (SSSR count). The van der Waals surface area contributed by atoms with E-state index in [4.69, 9.17) is 9.47 Å². The minimum atomic E-state index is -0.173. The Kier molecular flexibility index (Phi) is 5.36. The number of hydrogen-bond donors (Lipinski definition) is 1. The summed E-state index contributed by atoms with van der Waals surface area (Å²) in [6, 6.07) is 12.0. The Morgan fingerprint density at radius 1 is 1.13 bits per heavy atom. The Morgan fingerprint density at radius 3 is 2.71 bits per heavy atom. The van der Waals surface area contributed by atoms with Gasteiger partial charge in [0, 0.05) is 37.5 Å². The van der Waals surface area contributed by atoms with Crippen LogP contribution in [-0.4, -0.2) is 48.1 Å². The van der Waals surface area contributed by atoms with Crippen molar-refractivity contribution >= 4 is 34.7 Å². The first kappa shape index (κ1) is 23.2. The molecule has 0 unspecified atom stereocenters. The summed E-state index contributed by atoms with van der Waals surface area (Å²) in [6.07, 6.45) is 7.85. The molecule has 194 valence electrons. The number of benzene rings is 1. The fraction of sp³-hybridized carbons (Fsp3) is 0.379. The minimum absolute atomic E-state index is 0.0789. The van der Waals surface area contributed by atoms with Crippen LogP contribution in [0.3, 0.4) is 0 Å². The van der Waals surface area contributed by atoms with Crippen LogP contribution in [0.1, 0.15) is 37.7 Å². The summed E-state index contributed by atoms with van der Waals surface area (Å²) in [7, 11) is 1.67. The van der Waals surface area contributed by atoms with Crippen LogP contribution in [0.5, 0.6) is 5.88 Å². The molecule has 3 fully saturated rings. The maximum absolute atomic E-state index is 13.1. The van der Waals surface area contributed by atoms with E-state index in [2.05, 4.69) is 15.3 Å². The van der Waals surface area contributed by atoms with E-state index in [1.807, 2.05) is 52.4 Å². The van der Waals surface area contributed by atoms with Gasteiger partial charge in [0.2, 0.25) is 17.7 Å². The molecule has 1 aromatic carbocycles. The lowest BCUT2D eigenvalue weighted by molar-refractivity contribution is -0.121. The van der Waals surface area contributed by atoms with E-state index in [0.29, 0.717) is 31.3 Å². The Balaban J connectivity index is 1.14. The summed E-state index contributed by atoms with van der Waals surface area (Å²) < 4.78 is 11.4. The smallest absolute Gasteiger partial charge is 0.238 e. The number of hydrogen-bond acceptors (Lipinski definition) is 7. The van der Waals surface area contributed by atoms with Crippen LogP contribution in [0.2, 0.25) is 0 Å². The third kappa shape index (κ3) is 3.80. The SMILES string of the molecule is COCc1cc(Nc2cnc3c(c2)N2C(=O)C4(CC4)C[C@H]2CO3)ncc1-c1ccc(N2CCCC2=O)cc1. The van der Waals surface area contributed by atoms with Gasteiger partial charge in [0.15, 0.2) is 0 Å². The molecule has 4 aliphatic rings. The Labute approximate surface area is 220 Å². The highest BCUT2D eigenvalue weighted by Crippen LogP contribution is 2.58. The van der Waals surface area contributed by atoms with Gasteiger partial charge in [-0.05, 0) is 61.1 Å². The number of carbonyl (C=O) groups is 2. The summed E-state index contributed by atoms with van der Waals surface area (Å²) >= 11 is 0. The van der Waals surface area contributed by atoms with E-state index in [1.54, 1.807) is 13.3 Å². The van der Waals surface area contributed by atoms with Crippen molar-refractivity contribution in [2.24, 2.45) is 5.41 Å². The van der Waals surface area contributed by atoms with Crippen LogP contribution in [0.15, 0.2) is 48.8 Å². The number of rotatable bonds is 6. The standard InChI is InChI=1S/C29H29N5O4/c1-37-16-19-11-25(30-15-23(19)18-4-6-21(7-5-18)33-10-2-3-26(33)35)32-20-12-24-27(31-14-20)38-17-22-13-29(8-9-29)28(36)34(22)24/h4-7,11-12,14-15,22H,2-3,8-10,13,16-17H2,1H3,(H,30,32)/t22-/m0/s1. The maximum atomic E-state index is 13.1. The van der Waals surface area contributed by atoms with Crippen molar-refractivity contribution in [3.05, 3.63) is 54.4 Å². The second-order valence-corrected chi connectivity index (χ2v) is 10.7. The van der Waals surface area contributed by atoms with E-state index >= 15 is 0 Å². The highest BCUT2D eigenvalue weighted by atomic mass is 16.5. The van der Waals surface area contributed by atoms with Crippen molar-refractivity contribution < 1.29 is 19.1 Å². The number of methoxy groups -OCH3 is 1. The van der Waals surface area contributed by atoms with Gasteiger partial charge in [0.05, 0.1) is 29.9 Å². The molecular weight excluding hydrogens is 482 g/mol. The second kappa shape index (κ2) is 8.80. The van der Waals surface area contributed by atoms with Gasteiger partial charge >= 0.3 is 0 Å². The molecule has 9 nitrogen and oxygen atoms in total. The second-order valence-electron chi connectivity index (χ2n) is 10.7. The number of fused-ring (bicyclic) bond motifs is 3. The van der Waals surface area contributed by atoms with Crippen LogP contribution in [0.4, 0.5) is 22.9 Å². The summed E-state index contributed by atoms with van der Waals surface area (Å²) in [6.45, 7) is 1.69. The quantitative estimate of drug-likeness (QED) is 0.523. The third-order valence-corrected chi connectivity index (χ3v) is 8.15. The van der Waals surface area contributed by atoms with Crippen molar-refractivity contribution in [2.75, 3.05) is 35.4 Å². The zero-order valence-electron chi connectivity index (χ0n) is 21.3. The molecule has 1 spiro atoms. The van der Waals surface area contributed by atoms with Crippen LogP contribution in [-0.2, 0) is 20.9 Å². The van der Waals surface area contributed by atoms with E-state index < -0.39 is 0 Å². The van der Waals surface area contributed by atoms with Crippen LogP contribution in [0, 0.1) is 5.41 Å². The Hall–Kier alpha value is -3.98. The fourth-order valence-electron chi connectivity index (χ4n) is 6.02. The predicted molar refractivity (Wildman–Crippen MR) is 143 cm³/mol. The van der Waals surface area contributed by atoms with Gasteiger partial charge in [0.1, 0.15) is 18.1 Å². The molecule has 5 heterocycles. The lowest BCUT2D eigenvalue weighted by atomic mass is 10.0. The van der Waals surface area contributed by atoms with Gasteiger partial charge in [0.25, 0.3) is 0 Å². The number of amides is 2. The van der Waals surface area contributed by atoms with E-state index in [0.717, 1.165) is 66.0 Å². The minimum Gasteiger partial charge on any atom is -0.474 e. The normalized spacial score (nSPS) is 20.9. The molecule has 38 heavy (non-hydrogen) atoms. The van der Waals surface area contributed by atoms with Crippen molar-refractivity contribution in [3.8, 4) is 17.0 Å². The van der Waals surface area contributed by atoms with E-state index in [9.17, 15) is 9.59 Å². The van der Waals surface area contributed by atoms with Crippen LogP contribution in [0.25, 0.3) is 11.1 Å². The van der Waals surface area contributed by atoms with Gasteiger partial charge in [-0.25, -0.2) is 9.97 Å². The molecule has 2 saturated heterocycles. The van der Waals surface area contributed by atoms with Crippen LogP contribution >= 0.6 is 0 Å². The molecule has 1 saturated carbocycles. The number of aromatic nitrogens is 2. The average Bonchev–Trinajstić information content (AvgIpc) is 3.49. The predicted octanol–water partition coefficient (Wildman–Crippen LogP) is 4.44. The first-order valence-corrected chi connectivity index (χ1v) is 13.2. The summed E-state index contributed by atoms with van der Waals surface area (Å²) in [4.78, 5) is 38.1. The lowest BCUT2D eigenvalue weighted by Crippen LogP contribution is -2.41. The number of nitrogens with zero attached hydrogens (tertiary/aromatic N) is 4. The molecule has 1 atom stereocenters. The molecule has 1 aliphatic carbocycles. The number of pyridine rings is 2. The van der Waals surface area contributed by atoms with Crippen molar-refractivity contribution in [1.29, 1.82) is 0 Å². The van der Waals surface area contributed by atoms with Gasteiger partial charge in [-0.3, -0.25) is 9.59 Å². The van der Waals surface area contributed by atoms with Crippen molar-refractivity contribution in [2.45, 2.75) is 44.8 Å². The first-order valence-electron chi connectivity index (χ1n) is 13.2. The molecular formula is C29H29N5O4. The zero-order valence-corrected chi connectivity index (χ0v) is 21.3. The maximum Gasteiger partial charge on any atom is 0.238 e. The zero-order chi connectivity index (χ0) is 25.9. The van der Waals surface area contributed by atoms with Crippen molar-refractivity contribution in [3.63, 3.8) is 0 Å². The van der Waals surface area contributed by atoms with Gasteiger partial charge in [-0.15, -0.1) is 0 Å². The summed E-state index contributed by atoms with van der Waals surface area (Å²) in [5, 5.41) is 3.35. The number of nitrogens with one attached hydrogen (secondary N) is 1. The first-order chi connectivity index (χ1) is 18.5. The third-order valence-electron chi connectivity index (χ3n) is 8.15. The number of ether oxygens (including phenoxy) is 2.